The molecule has 3 aromatic carbocycles. The monoisotopic (exact) mass is 349 g/mol. The average molecular weight is 349 g/mol. The Bertz CT molecular complexity index is 832. The molecule has 0 heterocycles. The normalized spacial score (nSPS) is 10.3. The van der Waals surface area contributed by atoms with Gasteiger partial charge in [0.1, 0.15) is 5.75 Å². The first-order chi connectivity index (χ1) is 12.3. The SMILES string of the molecule is CSc1ccc(OCC(=O)Nc2ccccc2-c2ccccc2)cc1. The maximum absolute atomic E-state index is 12.3. The van der Waals surface area contributed by atoms with E-state index in [1.807, 2.05) is 85.1 Å². The number of para-hydroxylation sites is 1. The molecule has 0 saturated heterocycles. The zero-order chi connectivity index (χ0) is 17.5. The molecule has 0 aromatic heterocycles. The van der Waals surface area contributed by atoms with Crippen molar-refractivity contribution in [1.29, 1.82) is 0 Å². The van der Waals surface area contributed by atoms with E-state index in [-0.39, 0.29) is 12.5 Å². The predicted molar refractivity (Wildman–Crippen MR) is 104 cm³/mol. The molecule has 3 nitrogen and oxygen atoms in total. The van der Waals surface area contributed by atoms with Crippen LogP contribution in [0.15, 0.2) is 83.8 Å². The van der Waals surface area contributed by atoms with Crippen LogP contribution >= 0.6 is 11.8 Å². The Kier molecular flexibility index (Phi) is 5.75. The first-order valence-electron chi connectivity index (χ1n) is 7.97. The maximum atomic E-state index is 12.3. The van der Waals surface area contributed by atoms with Gasteiger partial charge < -0.3 is 10.1 Å². The molecule has 0 aliphatic carbocycles. The molecule has 0 fully saturated rings. The van der Waals surface area contributed by atoms with Crippen LogP contribution in [-0.2, 0) is 4.79 Å². The van der Waals surface area contributed by atoms with Gasteiger partial charge in [0.15, 0.2) is 6.61 Å². The van der Waals surface area contributed by atoms with Crippen LogP contribution in [0.1, 0.15) is 0 Å². The molecule has 0 aliphatic rings. The second-order valence-corrected chi connectivity index (χ2v) is 6.30. The van der Waals surface area contributed by atoms with Crippen LogP contribution in [0.2, 0.25) is 0 Å². The first-order valence-corrected chi connectivity index (χ1v) is 9.20. The highest BCUT2D eigenvalue weighted by molar-refractivity contribution is 7.98. The molecule has 126 valence electrons. The van der Waals surface area contributed by atoms with E-state index in [2.05, 4.69) is 5.32 Å². The number of nitrogens with one attached hydrogen (secondary N) is 1. The number of rotatable bonds is 6. The third-order valence-electron chi connectivity index (χ3n) is 3.72. The largest absolute Gasteiger partial charge is 0.484 e. The molecule has 0 unspecified atom stereocenters. The van der Waals surface area contributed by atoms with Gasteiger partial charge in [-0.15, -0.1) is 11.8 Å². The Balaban J connectivity index is 1.65. The van der Waals surface area contributed by atoms with Gasteiger partial charge in [-0.3, -0.25) is 4.79 Å². The molecule has 0 spiro atoms. The molecule has 0 atom stereocenters. The lowest BCUT2D eigenvalue weighted by atomic mass is 10.0. The zero-order valence-electron chi connectivity index (χ0n) is 13.9. The van der Waals surface area contributed by atoms with Crippen molar-refractivity contribution in [1.82, 2.24) is 0 Å². The lowest BCUT2D eigenvalue weighted by Crippen LogP contribution is -2.20. The minimum absolute atomic E-state index is 0.0261. The zero-order valence-corrected chi connectivity index (χ0v) is 14.8. The summed E-state index contributed by atoms with van der Waals surface area (Å²) in [5, 5.41) is 2.93. The summed E-state index contributed by atoms with van der Waals surface area (Å²) >= 11 is 1.67. The third kappa shape index (κ3) is 4.64. The van der Waals surface area contributed by atoms with E-state index in [0.717, 1.165) is 21.7 Å². The molecule has 4 heteroatoms. The summed E-state index contributed by atoms with van der Waals surface area (Å²) in [5.74, 6) is 0.501. The molecular weight excluding hydrogens is 330 g/mol. The Morgan fingerprint density at radius 1 is 0.920 bits per heavy atom. The topological polar surface area (TPSA) is 38.3 Å². The fourth-order valence-electron chi connectivity index (χ4n) is 2.47. The second-order valence-electron chi connectivity index (χ2n) is 5.42. The number of benzene rings is 3. The summed E-state index contributed by atoms with van der Waals surface area (Å²) in [6, 6.07) is 25.4. The molecule has 0 radical (unpaired) electrons. The Hall–Kier alpha value is -2.72. The van der Waals surface area contributed by atoms with Crippen molar-refractivity contribution in [2.24, 2.45) is 0 Å². The standard InChI is InChI=1S/C21H19NO2S/c1-25-18-13-11-17(12-14-18)24-15-21(23)22-20-10-6-5-9-19(20)16-7-3-2-4-8-16/h2-14H,15H2,1H3,(H,22,23). The lowest BCUT2D eigenvalue weighted by Gasteiger charge is -2.12. The molecular formula is C21H19NO2S. The van der Waals surface area contributed by atoms with E-state index in [1.54, 1.807) is 11.8 Å². The highest BCUT2D eigenvalue weighted by Crippen LogP contribution is 2.27. The maximum Gasteiger partial charge on any atom is 0.262 e. The minimum Gasteiger partial charge on any atom is -0.484 e. The Morgan fingerprint density at radius 3 is 2.32 bits per heavy atom. The molecule has 3 rings (SSSR count). The van der Waals surface area contributed by atoms with Gasteiger partial charge >= 0.3 is 0 Å². The molecule has 0 saturated carbocycles. The number of carbonyl (C=O) groups excluding carboxylic acids is 1. The number of amides is 1. The van der Waals surface area contributed by atoms with E-state index >= 15 is 0 Å². The summed E-state index contributed by atoms with van der Waals surface area (Å²) in [6.45, 7) is -0.0261. The van der Waals surface area contributed by atoms with Gasteiger partial charge in [0.2, 0.25) is 0 Å². The van der Waals surface area contributed by atoms with Gasteiger partial charge in [-0.2, -0.15) is 0 Å². The van der Waals surface area contributed by atoms with Crippen LogP contribution in [0, 0.1) is 0 Å². The first kappa shape index (κ1) is 17.1. The fraction of sp³-hybridized carbons (Fsp3) is 0.0952. The van der Waals surface area contributed by atoms with Crippen LogP contribution in [0.5, 0.6) is 5.75 Å². The van der Waals surface area contributed by atoms with Crippen molar-refractivity contribution in [3.63, 3.8) is 0 Å². The van der Waals surface area contributed by atoms with E-state index in [0.29, 0.717) is 5.75 Å². The van der Waals surface area contributed by atoms with Crippen LogP contribution in [0.4, 0.5) is 5.69 Å². The second kappa shape index (κ2) is 8.40. The number of carbonyl (C=O) groups is 1. The van der Waals surface area contributed by atoms with E-state index in [9.17, 15) is 4.79 Å². The summed E-state index contributed by atoms with van der Waals surface area (Å²) in [4.78, 5) is 13.4. The van der Waals surface area contributed by atoms with E-state index in [1.165, 1.54) is 0 Å². The summed E-state index contributed by atoms with van der Waals surface area (Å²) in [5.41, 5.74) is 2.83. The smallest absolute Gasteiger partial charge is 0.262 e. The minimum atomic E-state index is -0.183. The van der Waals surface area contributed by atoms with Gasteiger partial charge in [-0.25, -0.2) is 0 Å². The quantitative estimate of drug-likeness (QED) is 0.630. The number of anilines is 1. The van der Waals surface area contributed by atoms with Gasteiger partial charge in [0.25, 0.3) is 5.91 Å². The fourth-order valence-corrected chi connectivity index (χ4v) is 2.88. The van der Waals surface area contributed by atoms with E-state index in [4.69, 9.17) is 4.74 Å². The van der Waals surface area contributed by atoms with Crippen LogP contribution in [0.3, 0.4) is 0 Å². The Labute approximate surface area is 152 Å². The summed E-state index contributed by atoms with van der Waals surface area (Å²) in [6.07, 6.45) is 2.02. The predicted octanol–water partition coefficient (Wildman–Crippen LogP) is 5.09. The van der Waals surface area contributed by atoms with Gasteiger partial charge in [0.05, 0.1) is 0 Å². The number of thioether (sulfide) groups is 1. The van der Waals surface area contributed by atoms with Crippen LogP contribution < -0.4 is 10.1 Å². The van der Waals surface area contributed by atoms with Crippen molar-refractivity contribution >= 4 is 23.4 Å². The highest BCUT2D eigenvalue weighted by atomic mass is 32.2. The van der Waals surface area contributed by atoms with Crippen molar-refractivity contribution < 1.29 is 9.53 Å². The summed E-state index contributed by atoms with van der Waals surface area (Å²) in [7, 11) is 0. The van der Waals surface area contributed by atoms with Crippen molar-refractivity contribution in [3.8, 4) is 16.9 Å². The molecule has 1 N–H and O–H groups in total. The highest BCUT2D eigenvalue weighted by Gasteiger charge is 2.08. The number of hydrogen-bond donors (Lipinski definition) is 1. The van der Waals surface area contributed by atoms with Crippen LogP contribution in [-0.4, -0.2) is 18.8 Å². The van der Waals surface area contributed by atoms with Crippen molar-refractivity contribution in [3.05, 3.63) is 78.9 Å². The van der Waals surface area contributed by atoms with Gasteiger partial charge in [0, 0.05) is 16.1 Å². The average Bonchev–Trinajstić information content (AvgIpc) is 2.68. The van der Waals surface area contributed by atoms with Gasteiger partial charge in [-0.1, -0.05) is 48.5 Å². The number of ether oxygens (including phenoxy) is 1. The van der Waals surface area contributed by atoms with Crippen LogP contribution in [0.25, 0.3) is 11.1 Å². The third-order valence-corrected chi connectivity index (χ3v) is 4.46. The van der Waals surface area contributed by atoms with Crippen molar-refractivity contribution in [2.75, 3.05) is 18.2 Å². The molecule has 3 aromatic rings. The number of hydrogen-bond acceptors (Lipinski definition) is 3. The Morgan fingerprint density at radius 2 is 1.60 bits per heavy atom. The van der Waals surface area contributed by atoms with E-state index < -0.39 is 0 Å². The molecule has 25 heavy (non-hydrogen) atoms. The van der Waals surface area contributed by atoms with Crippen molar-refractivity contribution in [2.45, 2.75) is 4.90 Å². The molecule has 0 bridgehead atoms. The van der Waals surface area contributed by atoms with Gasteiger partial charge in [-0.05, 0) is 42.2 Å². The lowest BCUT2D eigenvalue weighted by molar-refractivity contribution is -0.118. The molecule has 0 aliphatic heterocycles. The molecule has 1 amide bonds. The summed E-state index contributed by atoms with van der Waals surface area (Å²) < 4.78 is 5.56.